The van der Waals surface area contributed by atoms with Crippen molar-refractivity contribution in [3.05, 3.63) is 77.9 Å². The highest BCUT2D eigenvalue weighted by Gasteiger charge is 2.21. The van der Waals surface area contributed by atoms with E-state index in [4.69, 9.17) is 4.74 Å². The maximum absolute atomic E-state index is 12.9. The van der Waals surface area contributed by atoms with Gasteiger partial charge in [-0.2, -0.15) is 0 Å². The van der Waals surface area contributed by atoms with E-state index in [1.165, 1.54) is 12.1 Å². The van der Waals surface area contributed by atoms with Crippen LogP contribution in [-0.4, -0.2) is 33.6 Å². The fourth-order valence-electron chi connectivity index (χ4n) is 3.88. The lowest BCUT2D eigenvalue weighted by atomic mass is 9.99. The molecule has 3 aromatic rings. The smallest absolute Gasteiger partial charge is 0.251 e. The summed E-state index contributed by atoms with van der Waals surface area (Å²) >= 11 is 0. The minimum absolute atomic E-state index is 0.0657. The van der Waals surface area contributed by atoms with E-state index in [2.05, 4.69) is 10.0 Å². The third-order valence-corrected chi connectivity index (χ3v) is 6.99. The molecule has 2 atom stereocenters. The monoisotopic (exact) mass is 438 g/mol. The molecular weight excluding hydrogens is 412 g/mol. The van der Waals surface area contributed by atoms with Crippen molar-refractivity contribution in [3.8, 4) is 0 Å². The van der Waals surface area contributed by atoms with E-state index in [-0.39, 0.29) is 29.5 Å². The molecule has 1 fully saturated rings. The van der Waals surface area contributed by atoms with Crippen LogP contribution in [0.4, 0.5) is 0 Å². The van der Waals surface area contributed by atoms with Crippen LogP contribution in [0.1, 0.15) is 41.7 Å². The third kappa shape index (κ3) is 4.95. The van der Waals surface area contributed by atoms with Crippen LogP contribution in [0.3, 0.4) is 0 Å². The second-order valence-corrected chi connectivity index (χ2v) is 9.55. The van der Waals surface area contributed by atoms with Gasteiger partial charge in [-0.05, 0) is 54.3 Å². The molecule has 31 heavy (non-hydrogen) atoms. The maximum atomic E-state index is 12.9. The number of amides is 1. The van der Waals surface area contributed by atoms with Crippen molar-refractivity contribution >= 4 is 26.7 Å². The van der Waals surface area contributed by atoms with Gasteiger partial charge in [0.15, 0.2) is 0 Å². The summed E-state index contributed by atoms with van der Waals surface area (Å²) in [6.45, 7) is 2.82. The number of rotatable bonds is 7. The van der Waals surface area contributed by atoms with Crippen LogP contribution < -0.4 is 10.0 Å². The van der Waals surface area contributed by atoms with Crippen LogP contribution >= 0.6 is 0 Å². The molecule has 1 saturated heterocycles. The Kier molecular flexibility index (Phi) is 6.36. The summed E-state index contributed by atoms with van der Waals surface area (Å²) in [5, 5.41) is 5.17. The average Bonchev–Trinajstić information content (AvgIpc) is 3.31. The van der Waals surface area contributed by atoms with Crippen molar-refractivity contribution in [1.82, 2.24) is 10.0 Å². The summed E-state index contributed by atoms with van der Waals surface area (Å²) in [7, 11) is -3.72. The van der Waals surface area contributed by atoms with Gasteiger partial charge in [-0.15, -0.1) is 0 Å². The predicted molar refractivity (Wildman–Crippen MR) is 120 cm³/mol. The van der Waals surface area contributed by atoms with Gasteiger partial charge >= 0.3 is 0 Å². The first-order valence-electron chi connectivity index (χ1n) is 10.4. The second-order valence-electron chi connectivity index (χ2n) is 7.78. The number of nitrogens with one attached hydrogen (secondary N) is 2. The van der Waals surface area contributed by atoms with Gasteiger partial charge in [-0.3, -0.25) is 4.79 Å². The van der Waals surface area contributed by atoms with E-state index in [9.17, 15) is 13.2 Å². The van der Waals surface area contributed by atoms with Gasteiger partial charge < -0.3 is 10.1 Å². The number of carbonyl (C=O) groups is 1. The van der Waals surface area contributed by atoms with Crippen LogP contribution in [0.15, 0.2) is 71.6 Å². The average molecular weight is 439 g/mol. The van der Waals surface area contributed by atoms with Crippen molar-refractivity contribution in [1.29, 1.82) is 0 Å². The lowest BCUT2D eigenvalue weighted by Gasteiger charge is -2.17. The van der Waals surface area contributed by atoms with E-state index < -0.39 is 10.0 Å². The molecule has 0 aliphatic carbocycles. The van der Waals surface area contributed by atoms with E-state index in [1.54, 1.807) is 12.1 Å². The molecule has 2 N–H and O–H groups in total. The molecule has 0 bridgehead atoms. The van der Waals surface area contributed by atoms with Crippen LogP contribution in [0.25, 0.3) is 10.8 Å². The van der Waals surface area contributed by atoms with Crippen LogP contribution in [0.2, 0.25) is 0 Å². The maximum Gasteiger partial charge on any atom is 0.251 e. The number of ether oxygens (including phenoxy) is 1. The van der Waals surface area contributed by atoms with Gasteiger partial charge in [0.1, 0.15) is 0 Å². The van der Waals surface area contributed by atoms with Crippen LogP contribution in [-0.2, 0) is 14.8 Å². The largest absolute Gasteiger partial charge is 0.377 e. The van der Waals surface area contributed by atoms with E-state index in [1.807, 2.05) is 49.4 Å². The fourth-order valence-corrected chi connectivity index (χ4v) is 4.99. The van der Waals surface area contributed by atoms with Gasteiger partial charge in [0.25, 0.3) is 5.91 Å². The van der Waals surface area contributed by atoms with E-state index in [0.29, 0.717) is 12.2 Å². The van der Waals surface area contributed by atoms with Gasteiger partial charge in [-0.25, -0.2) is 13.1 Å². The highest BCUT2D eigenvalue weighted by atomic mass is 32.2. The molecule has 162 valence electrons. The van der Waals surface area contributed by atoms with Gasteiger partial charge in [0.2, 0.25) is 10.0 Å². The van der Waals surface area contributed by atoms with E-state index >= 15 is 0 Å². The lowest BCUT2D eigenvalue weighted by Crippen LogP contribution is -2.32. The highest BCUT2D eigenvalue weighted by molar-refractivity contribution is 7.89. The molecule has 6 nitrogen and oxygen atoms in total. The van der Waals surface area contributed by atoms with Gasteiger partial charge in [0, 0.05) is 18.7 Å². The molecule has 0 aromatic heterocycles. The number of hydrogen-bond donors (Lipinski definition) is 2. The molecule has 4 rings (SSSR count). The second kappa shape index (κ2) is 9.18. The van der Waals surface area contributed by atoms with E-state index in [0.717, 1.165) is 29.2 Å². The van der Waals surface area contributed by atoms with Crippen molar-refractivity contribution in [3.63, 3.8) is 0 Å². The zero-order valence-corrected chi connectivity index (χ0v) is 18.2. The lowest BCUT2D eigenvalue weighted by molar-refractivity contribution is 0.0940. The summed E-state index contributed by atoms with van der Waals surface area (Å²) in [6.07, 6.45) is 1.69. The SMILES string of the molecule is C[C@@H](NC(=O)c1cccc(S(=O)(=O)NC[C@@H]2CCCO2)c1)c1cccc2ccccc12. The first-order chi connectivity index (χ1) is 14.9. The molecule has 0 saturated carbocycles. The van der Waals surface area contributed by atoms with Crippen molar-refractivity contribution in [2.75, 3.05) is 13.2 Å². The number of fused-ring (bicyclic) bond motifs is 1. The Labute approximate surface area is 182 Å². The minimum Gasteiger partial charge on any atom is -0.377 e. The third-order valence-electron chi connectivity index (χ3n) is 5.57. The zero-order valence-electron chi connectivity index (χ0n) is 17.4. The molecule has 1 heterocycles. The molecule has 3 aromatic carbocycles. The van der Waals surface area contributed by atoms with Crippen molar-refractivity contribution in [2.24, 2.45) is 0 Å². The Morgan fingerprint density at radius 1 is 1.10 bits per heavy atom. The number of sulfonamides is 1. The quantitative estimate of drug-likeness (QED) is 0.588. The summed E-state index contributed by atoms with van der Waals surface area (Å²) in [5.41, 5.74) is 1.31. The molecule has 0 radical (unpaired) electrons. The van der Waals surface area contributed by atoms with Gasteiger partial charge in [-0.1, -0.05) is 48.5 Å². The summed E-state index contributed by atoms with van der Waals surface area (Å²) in [6, 6.07) is 19.9. The first kappa shape index (κ1) is 21.5. The standard InChI is InChI=1S/C24H26N2O4S/c1-17(22-13-5-8-18-7-2-3-12-23(18)22)26-24(27)19-9-4-11-21(15-19)31(28,29)25-16-20-10-6-14-30-20/h2-5,7-9,11-13,15,17,20,25H,6,10,14,16H2,1H3,(H,26,27)/t17-,20+/m1/s1. The summed E-state index contributed by atoms with van der Waals surface area (Å²) in [5.74, 6) is -0.323. The highest BCUT2D eigenvalue weighted by Crippen LogP contribution is 2.24. The molecule has 0 unspecified atom stereocenters. The van der Waals surface area contributed by atoms with Gasteiger partial charge in [0.05, 0.1) is 17.0 Å². The normalized spacial score (nSPS) is 17.5. The molecular formula is C24H26N2O4S. The van der Waals surface area contributed by atoms with Crippen LogP contribution in [0.5, 0.6) is 0 Å². The Balaban J connectivity index is 1.48. The number of benzene rings is 3. The molecule has 1 aliphatic heterocycles. The molecule has 1 aliphatic rings. The van der Waals surface area contributed by atoms with Crippen molar-refractivity contribution < 1.29 is 17.9 Å². The molecule has 1 amide bonds. The summed E-state index contributed by atoms with van der Waals surface area (Å²) in [4.78, 5) is 12.9. The zero-order chi connectivity index (χ0) is 21.8. The predicted octanol–water partition coefficient (Wildman–Crippen LogP) is 3.79. The van der Waals surface area contributed by atoms with Crippen molar-refractivity contribution in [2.45, 2.75) is 36.8 Å². The Morgan fingerprint density at radius 3 is 2.68 bits per heavy atom. The fraction of sp³-hybridized carbons (Fsp3) is 0.292. The Bertz CT molecular complexity index is 1180. The minimum atomic E-state index is -3.72. The Hall–Kier alpha value is -2.74. The molecule has 7 heteroatoms. The van der Waals surface area contributed by atoms with Crippen LogP contribution in [0, 0.1) is 0 Å². The molecule has 0 spiro atoms. The summed E-state index contributed by atoms with van der Waals surface area (Å²) < 4.78 is 33.4. The first-order valence-corrected chi connectivity index (χ1v) is 11.9. The topological polar surface area (TPSA) is 84.5 Å². The Morgan fingerprint density at radius 2 is 1.87 bits per heavy atom. The number of hydrogen-bond acceptors (Lipinski definition) is 4. The number of carbonyl (C=O) groups excluding carboxylic acids is 1.